The zero-order valence-corrected chi connectivity index (χ0v) is 8.94. The molecule has 1 aliphatic rings. The number of benzene rings is 1. The molecule has 0 aliphatic carbocycles. The van der Waals surface area contributed by atoms with Crippen LogP contribution in [0.1, 0.15) is 18.4 Å². The van der Waals surface area contributed by atoms with E-state index in [1.54, 1.807) is 0 Å². The Morgan fingerprint density at radius 3 is 3.13 bits per heavy atom. The lowest BCUT2D eigenvalue weighted by atomic mass is 10.0. The number of hydrogen-bond acceptors (Lipinski definition) is 3. The van der Waals surface area contributed by atoms with Gasteiger partial charge in [-0.25, -0.2) is 0 Å². The van der Waals surface area contributed by atoms with Crippen molar-refractivity contribution in [3.63, 3.8) is 0 Å². The highest BCUT2D eigenvalue weighted by Gasteiger charge is 2.23. The Balaban J connectivity index is 1.96. The highest BCUT2D eigenvalue weighted by Crippen LogP contribution is 2.32. The molecule has 0 saturated carbocycles. The van der Waals surface area contributed by atoms with Gasteiger partial charge in [-0.15, -0.1) is 0 Å². The molecule has 1 aromatic rings. The normalized spacial score (nSPS) is 20.8. The zero-order chi connectivity index (χ0) is 10.7. The zero-order valence-electron chi connectivity index (χ0n) is 8.94. The Bertz CT molecular complexity index is 327. The van der Waals surface area contributed by atoms with E-state index < -0.39 is 0 Å². The van der Waals surface area contributed by atoms with E-state index in [2.05, 4.69) is 11.4 Å². The molecule has 0 spiro atoms. The Hall–Kier alpha value is -1.06. The lowest BCUT2D eigenvalue weighted by Gasteiger charge is -2.14. The number of aliphatic hydroxyl groups is 1. The van der Waals surface area contributed by atoms with Crippen molar-refractivity contribution in [2.24, 2.45) is 0 Å². The summed E-state index contributed by atoms with van der Waals surface area (Å²) in [5.74, 6) is 1.41. The molecular weight excluding hydrogens is 190 g/mol. The van der Waals surface area contributed by atoms with Crippen molar-refractivity contribution in [2.75, 3.05) is 19.8 Å². The van der Waals surface area contributed by atoms with E-state index in [0.717, 1.165) is 18.9 Å². The summed E-state index contributed by atoms with van der Waals surface area (Å²) in [6.45, 7) is 3.75. The van der Waals surface area contributed by atoms with Gasteiger partial charge in [0.05, 0.1) is 13.2 Å². The summed E-state index contributed by atoms with van der Waals surface area (Å²) in [4.78, 5) is 0. The summed E-state index contributed by atoms with van der Waals surface area (Å²) in [6, 6.07) is 8.29. The number of para-hydroxylation sites is 1. The summed E-state index contributed by atoms with van der Waals surface area (Å²) in [5, 5.41) is 12.2. The topological polar surface area (TPSA) is 41.5 Å². The molecule has 0 fully saturated rings. The molecule has 2 N–H and O–H groups in total. The van der Waals surface area contributed by atoms with Gasteiger partial charge < -0.3 is 15.2 Å². The van der Waals surface area contributed by atoms with E-state index in [1.165, 1.54) is 5.56 Å². The van der Waals surface area contributed by atoms with E-state index in [9.17, 15) is 0 Å². The quantitative estimate of drug-likeness (QED) is 0.777. The molecule has 3 heteroatoms. The number of rotatable bonds is 4. The van der Waals surface area contributed by atoms with Gasteiger partial charge in [0.15, 0.2) is 0 Å². The maximum Gasteiger partial charge on any atom is 0.122 e. The number of nitrogens with one attached hydrogen (secondary N) is 1. The van der Waals surface area contributed by atoms with Crippen LogP contribution in [0.25, 0.3) is 0 Å². The molecule has 2 unspecified atom stereocenters. The minimum atomic E-state index is 0.151. The predicted octanol–water partition coefficient (Wildman–Crippen LogP) is 1.13. The molecule has 1 aliphatic heterocycles. The van der Waals surface area contributed by atoms with E-state index in [1.807, 2.05) is 25.1 Å². The summed E-state index contributed by atoms with van der Waals surface area (Å²) >= 11 is 0. The molecule has 2 atom stereocenters. The molecule has 15 heavy (non-hydrogen) atoms. The van der Waals surface area contributed by atoms with Crippen LogP contribution >= 0.6 is 0 Å². The van der Waals surface area contributed by atoms with Gasteiger partial charge in [0.25, 0.3) is 0 Å². The first-order chi connectivity index (χ1) is 7.31. The van der Waals surface area contributed by atoms with E-state index in [0.29, 0.717) is 5.92 Å². The van der Waals surface area contributed by atoms with Crippen molar-refractivity contribution in [3.8, 4) is 5.75 Å². The number of aliphatic hydroxyl groups excluding tert-OH is 1. The van der Waals surface area contributed by atoms with E-state index in [4.69, 9.17) is 9.84 Å². The molecule has 82 valence electrons. The summed E-state index contributed by atoms with van der Waals surface area (Å²) < 4.78 is 5.57. The van der Waals surface area contributed by atoms with Crippen LogP contribution in [-0.2, 0) is 0 Å². The SMILES string of the molecule is CC(CO)NCC1COc2ccccc21. The Kier molecular flexibility index (Phi) is 3.23. The number of hydrogen-bond donors (Lipinski definition) is 2. The first kappa shape index (κ1) is 10.5. The second-order valence-corrected chi connectivity index (χ2v) is 4.04. The van der Waals surface area contributed by atoms with Crippen molar-refractivity contribution in [1.29, 1.82) is 0 Å². The van der Waals surface area contributed by atoms with Crippen LogP contribution in [0, 0.1) is 0 Å². The summed E-state index contributed by atoms with van der Waals surface area (Å²) in [6.07, 6.45) is 0. The van der Waals surface area contributed by atoms with Gasteiger partial charge in [0, 0.05) is 24.1 Å². The lowest BCUT2D eigenvalue weighted by molar-refractivity contribution is 0.246. The third kappa shape index (κ3) is 2.30. The maximum atomic E-state index is 8.91. The van der Waals surface area contributed by atoms with E-state index >= 15 is 0 Å². The third-order valence-electron chi connectivity index (χ3n) is 2.79. The largest absolute Gasteiger partial charge is 0.493 e. The first-order valence-electron chi connectivity index (χ1n) is 5.37. The van der Waals surface area contributed by atoms with Gasteiger partial charge in [-0.1, -0.05) is 18.2 Å². The van der Waals surface area contributed by atoms with E-state index in [-0.39, 0.29) is 12.6 Å². The molecule has 0 saturated heterocycles. The van der Waals surface area contributed by atoms with Gasteiger partial charge >= 0.3 is 0 Å². The first-order valence-corrected chi connectivity index (χ1v) is 5.37. The van der Waals surface area contributed by atoms with Crippen LogP contribution in [0.5, 0.6) is 5.75 Å². The van der Waals surface area contributed by atoms with Crippen molar-refractivity contribution in [1.82, 2.24) is 5.32 Å². The minimum Gasteiger partial charge on any atom is -0.493 e. The van der Waals surface area contributed by atoms with Crippen LogP contribution in [0.4, 0.5) is 0 Å². The van der Waals surface area contributed by atoms with Crippen LogP contribution in [-0.4, -0.2) is 30.9 Å². The van der Waals surface area contributed by atoms with Gasteiger partial charge in [0.2, 0.25) is 0 Å². The average Bonchev–Trinajstić information content (AvgIpc) is 2.69. The molecule has 0 radical (unpaired) electrons. The molecular formula is C12H17NO2. The standard InChI is InChI=1S/C12H17NO2/c1-9(7-14)13-6-10-8-15-12-5-3-2-4-11(10)12/h2-5,9-10,13-14H,6-8H2,1H3. The minimum absolute atomic E-state index is 0.151. The third-order valence-corrected chi connectivity index (χ3v) is 2.79. The molecule has 1 heterocycles. The second-order valence-electron chi connectivity index (χ2n) is 4.04. The van der Waals surface area contributed by atoms with Crippen LogP contribution < -0.4 is 10.1 Å². The van der Waals surface area contributed by atoms with Gasteiger partial charge in [-0.05, 0) is 13.0 Å². The van der Waals surface area contributed by atoms with Crippen LogP contribution in [0.15, 0.2) is 24.3 Å². The lowest BCUT2D eigenvalue weighted by Crippen LogP contribution is -2.33. The maximum absolute atomic E-state index is 8.91. The highest BCUT2D eigenvalue weighted by atomic mass is 16.5. The monoisotopic (exact) mass is 207 g/mol. The van der Waals surface area contributed by atoms with Gasteiger partial charge in [-0.3, -0.25) is 0 Å². The Labute approximate surface area is 90.1 Å². The van der Waals surface area contributed by atoms with Crippen molar-refractivity contribution in [3.05, 3.63) is 29.8 Å². The second kappa shape index (κ2) is 4.64. The molecule has 3 nitrogen and oxygen atoms in total. The smallest absolute Gasteiger partial charge is 0.122 e. The fraction of sp³-hybridized carbons (Fsp3) is 0.500. The fourth-order valence-corrected chi connectivity index (χ4v) is 1.81. The summed E-state index contributed by atoms with van der Waals surface area (Å²) in [7, 11) is 0. The summed E-state index contributed by atoms with van der Waals surface area (Å²) in [5.41, 5.74) is 1.27. The Morgan fingerprint density at radius 1 is 1.53 bits per heavy atom. The van der Waals surface area contributed by atoms with Gasteiger partial charge in [0.1, 0.15) is 5.75 Å². The molecule has 1 aromatic carbocycles. The number of fused-ring (bicyclic) bond motifs is 1. The number of ether oxygens (including phenoxy) is 1. The molecule has 0 bridgehead atoms. The van der Waals surface area contributed by atoms with Crippen molar-refractivity contribution in [2.45, 2.75) is 18.9 Å². The van der Waals surface area contributed by atoms with Crippen molar-refractivity contribution >= 4 is 0 Å². The van der Waals surface area contributed by atoms with Crippen molar-refractivity contribution < 1.29 is 9.84 Å². The Morgan fingerprint density at radius 2 is 2.33 bits per heavy atom. The predicted molar refractivity (Wildman–Crippen MR) is 59.2 cm³/mol. The van der Waals surface area contributed by atoms with Crippen LogP contribution in [0.2, 0.25) is 0 Å². The molecule has 2 rings (SSSR count). The average molecular weight is 207 g/mol. The fourth-order valence-electron chi connectivity index (χ4n) is 1.81. The molecule has 0 amide bonds. The van der Waals surface area contributed by atoms with Gasteiger partial charge in [-0.2, -0.15) is 0 Å². The molecule has 0 aromatic heterocycles. The van der Waals surface area contributed by atoms with Crippen LogP contribution in [0.3, 0.4) is 0 Å². The highest BCUT2D eigenvalue weighted by molar-refractivity contribution is 5.39.